The number of aliphatic hydroxyl groups is 1. The van der Waals surface area contributed by atoms with Crippen molar-refractivity contribution in [3.05, 3.63) is 41.0 Å². The second-order valence-electron chi connectivity index (χ2n) is 13.6. The fourth-order valence-corrected chi connectivity index (χ4v) is 9.70. The first-order chi connectivity index (χ1) is 18.3. The van der Waals surface area contributed by atoms with Gasteiger partial charge in [0.05, 0.1) is 18.8 Å². The van der Waals surface area contributed by atoms with Crippen molar-refractivity contribution in [1.29, 1.82) is 0 Å². The molecule has 0 amide bonds. The van der Waals surface area contributed by atoms with E-state index in [1.165, 1.54) is 54.5 Å². The lowest BCUT2D eigenvalue weighted by Crippen LogP contribution is -2.53. The van der Waals surface area contributed by atoms with E-state index in [2.05, 4.69) is 43.1 Å². The van der Waals surface area contributed by atoms with Crippen molar-refractivity contribution in [2.24, 2.45) is 17.3 Å². The zero-order chi connectivity index (χ0) is 26.1. The third kappa shape index (κ3) is 3.86. The van der Waals surface area contributed by atoms with Crippen LogP contribution in [-0.2, 0) is 14.3 Å². The highest BCUT2D eigenvalue weighted by Gasteiger charge is 2.60. The molecule has 5 atom stereocenters. The van der Waals surface area contributed by atoms with Gasteiger partial charge in [-0.3, -0.25) is 4.79 Å². The normalized spacial score (nSPS) is 38.7. The number of fused-ring (bicyclic) bond motifs is 4. The van der Waals surface area contributed by atoms with Crippen LogP contribution >= 0.6 is 0 Å². The lowest BCUT2D eigenvalue weighted by molar-refractivity contribution is -0.208. The molecule has 1 aromatic carbocycles. The molecular formula is C33H45NO4. The quantitative estimate of drug-likeness (QED) is 0.476. The number of benzene rings is 1. The standard InChI is InChI=1S/C33H45NO4/c1-31-20-26(22-8-10-24(11-9-22)34(2)23-6-4-3-5-7-23)30-25(27(31)12-13-29(31)35)14-16-32(36)21-33(17-15-28(30)32)37-18-19-38-33/h8-11,23,25-27,36H,3-7,12-21H2,1-2H3/t25?,26?,27?,31?,32-/m1/s1. The molecule has 1 heterocycles. The summed E-state index contributed by atoms with van der Waals surface area (Å²) < 4.78 is 12.1. The van der Waals surface area contributed by atoms with E-state index >= 15 is 0 Å². The monoisotopic (exact) mass is 519 g/mol. The Morgan fingerprint density at radius 3 is 2.42 bits per heavy atom. The van der Waals surface area contributed by atoms with Crippen LogP contribution < -0.4 is 4.90 Å². The summed E-state index contributed by atoms with van der Waals surface area (Å²) in [5.41, 5.74) is 4.23. The molecule has 7 rings (SSSR count). The van der Waals surface area contributed by atoms with Gasteiger partial charge in [0, 0.05) is 49.4 Å². The molecule has 206 valence electrons. The van der Waals surface area contributed by atoms with Gasteiger partial charge in [-0.25, -0.2) is 0 Å². The molecule has 0 aromatic heterocycles. The van der Waals surface area contributed by atoms with Gasteiger partial charge < -0.3 is 19.5 Å². The molecule has 1 N–H and O–H groups in total. The molecule has 38 heavy (non-hydrogen) atoms. The number of ether oxygens (including phenoxy) is 2. The van der Waals surface area contributed by atoms with Gasteiger partial charge in [0.25, 0.3) is 0 Å². The van der Waals surface area contributed by atoms with E-state index in [-0.39, 0.29) is 11.3 Å². The maximum atomic E-state index is 13.3. The number of nitrogens with zero attached hydrogens (tertiary/aromatic N) is 1. The molecule has 4 saturated carbocycles. The lowest BCUT2D eigenvalue weighted by atomic mass is 9.51. The Bertz CT molecular complexity index is 1110. The molecule has 5 nitrogen and oxygen atoms in total. The van der Waals surface area contributed by atoms with Crippen molar-refractivity contribution < 1.29 is 19.4 Å². The molecule has 1 spiro atoms. The Morgan fingerprint density at radius 2 is 1.68 bits per heavy atom. The highest BCUT2D eigenvalue weighted by molar-refractivity contribution is 5.87. The predicted octanol–water partition coefficient (Wildman–Crippen LogP) is 6.29. The van der Waals surface area contributed by atoms with Crippen molar-refractivity contribution in [3.63, 3.8) is 0 Å². The van der Waals surface area contributed by atoms with Gasteiger partial charge in [-0.1, -0.05) is 43.9 Å². The van der Waals surface area contributed by atoms with E-state index in [4.69, 9.17) is 9.47 Å². The van der Waals surface area contributed by atoms with E-state index in [1.54, 1.807) is 0 Å². The number of Topliss-reactive ketones (excluding diaryl/α,β-unsaturated/α-hetero) is 1. The molecule has 5 fully saturated rings. The highest BCUT2D eigenvalue weighted by Crippen LogP contribution is 2.64. The number of carbonyl (C=O) groups is 1. The molecule has 5 heteroatoms. The van der Waals surface area contributed by atoms with E-state index in [0.717, 1.165) is 38.5 Å². The van der Waals surface area contributed by atoms with Crippen molar-refractivity contribution >= 4 is 11.5 Å². The Kier molecular flexibility index (Phi) is 6.11. The minimum absolute atomic E-state index is 0.193. The minimum Gasteiger partial charge on any atom is -0.385 e. The van der Waals surface area contributed by atoms with Crippen molar-refractivity contribution in [3.8, 4) is 0 Å². The van der Waals surface area contributed by atoms with Crippen LogP contribution in [0.15, 0.2) is 35.4 Å². The van der Waals surface area contributed by atoms with Crippen LogP contribution in [0, 0.1) is 17.3 Å². The summed E-state index contributed by atoms with van der Waals surface area (Å²) in [7, 11) is 2.25. The number of hydrogen-bond donors (Lipinski definition) is 1. The summed E-state index contributed by atoms with van der Waals surface area (Å²) in [5.74, 6) is 0.841. The molecule has 0 bridgehead atoms. The fourth-order valence-electron chi connectivity index (χ4n) is 9.70. The second kappa shape index (κ2) is 9.17. The van der Waals surface area contributed by atoms with E-state index in [9.17, 15) is 9.90 Å². The zero-order valence-corrected chi connectivity index (χ0v) is 23.3. The second-order valence-corrected chi connectivity index (χ2v) is 13.6. The van der Waals surface area contributed by atoms with Gasteiger partial charge in [-0.05, 0) is 80.1 Å². The van der Waals surface area contributed by atoms with E-state index in [0.29, 0.717) is 49.7 Å². The molecule has 1 aliphatic heterocycles. The molecule has 6 aliphatic rings. The Balaban J connectivity index is 1.26. The summed E-state index contributed by atoms with van der Waals surface area (Å²) in [4.78, 5) is 15.8. The number of ketones is 1. The first-order valence-electron chi connectivity index (χ1n) is 15.4. The van der Waals surface area contributed by atoms with E-state index in [1.807, 2.05) is 0 Å². The Morgan fingerprint density at radius 1 is 0.947 bits per heavy atom. The number of anilines is 1. The van der Waals surface area contributed by atoms with Crippen molar-refractivity contribution in [2.45, 2.75) is 114 Å². The van der Waals surface area contributed by atoms with Gasteiger partial charge in [-0.2, -0.15) is 0 Å². The first-order valence-corrected chi connectivity index (χ1v) is 15.4. The van der Waals surface area contributed by atoms with Gasteiger partial charge in [0.1, 0.15) is 5.78 Å². The van der Waals surface area contributed by atoms with Crippen LogP contribution in [0.4, 0.5) is 5.69 Å². The van der Waals surface area contributed by atoms with Crippen molar-refractivity contribution in [1.82, 2.24) is 0 Å². The highest BCUT2D eigenvalue weighted by atomic mass is 16.7. The average Bonchev–Trinajstić information content (AvgIpc) is 3.51. The molecule has 4 unspecified atom stereocenters. The number of allylic oxidation sites excluding steroid dienone is 1. The van der Waals surface area contributed by atoms with Gasteiger partial charge in [0.2, 0.25) is 0 Å². The summed E-state index contributed by atoms with van der Waals surface area (Å²) in [6, 6.07) is 9.90. The number of carbonyl (C=O) groups excluding carboxylic acids is 1. The molecule has 0 radical (unpaired) electrons. The number of rotatable bonds is 3. The molecule has 5 aliphatic carbocycles. The fraction of sp³-hybridized carbons (Fsp3) is 0.727. The summed E-state index contributed by atoms with van der Waals surface area (Å²) >= 11 is 0. The van der Waals surface area contributed by atoms with Gasteiger partial charge in [0.15, 0.2) is 5.79 Å². The summed E-state index contributed by atoms with van der Waals surface area (Å²) in [5, 5.41) is 12.1. The predicted molar refractivity (Wildman–Crippen MR) is 148 cm³/mol. The van der Waals surface area contributed by atoms with Crippen molar-refractivity contribution in [2.75, 3.05) is 25.2 Å². The first kappa shape index (κ1) is 25.3. The van der Waals surface area contributed by atoms with Crippen LogP contribution in [0.5, 0.6) is 0 Å². The average molecular weight is 520 g/mol. The van der Waals surface area contributed by atoms with Gasteiger partial charge in [-0.15, -0.1) is 0 Å². The van der Waals surface area contributed by atoms with E-state index < -0.39 is 11.4 Å². The van der Waals surface area contributed by atoms with Crippen LogP contribution in [0.3, 0.4) is 0 Å². The van der Waals surface area contributed by atoms with Gasteiger partial charge >= 0.3 is 0 Å². The minimum atomic E-state index is -0.857. The Labute approximate surface area is 228 Å². The molecule has 1 saturated heterocycles. The largest absolute Gasteiger partial charge is 0.385 e. The maximum Gasteiger partial charge on any atom is 0.171 e. The SMILES string of the molecule is CN(c1ccc(C2CC3(C)C(=O)CCC3C3CC[C@@]4(O)CC5(CCC4=C23)OCCO5)cc1)C1CCCCC1. The zero-order valence-electron chi connectivity index (χ0n) is 23.3. The third-order valence-electron chi connectivity index (χ3n) is 11.8. The van der Waals surface area contributed by atoms with Crippen LogP contribution in [0.2, 0.25) is 0 Å². The molecule has 1 aromatic rings. The summed E-state index contributed by atoms with van der Waals surface area (Å²) in [6.07, 6.45) is 13.1. The molecular weight excluding hydrogens is 474 g/mol. The lowest BCUT2D eigenvalue weighted by Gasteiger charge is -2.55. The maximum absolute atomic E-state index is 13.3. The van der Waals surface area contributed by atoms with Crippen LogP contribution in [-0.4, -0.2) is 48.6 Å². The topological polar surface area (TPSA) is 59.0 Å². The summed E-state index contributed by atoms with van der Waals surface area (Å²) in [6.45, 7) is 3.50. The smallest absolute Gasteiger partial charge is 0.171 e. The third-order valence-corrected chi connectivity index (χ3v) is 11.8. The van der Waals surface area contributed by atoms with Crippen LogP contribution in [0.25, 0.3) is 0 Å². The van der Waals surface area contributed by atoms with Crippen LogP contribution in [0.1, 0.15) is 102 Å². The Hall–Kier alpha value is -1.69. The number of hydrogen-bond acceptors (Lipinski definition) is 5.